The van der Waals surface area contributed by atoms with Crippen LogP contribution in [0.2, 0.25) is 0 Å². The van der Waals surface area contributed by atoms with E-state index in [1.54, 1.807) is 0 Å². The third-order valence-electron chi connectivity index (χ3n) is 4.74. The van der Waals surface area contributed by atoms with Crippen LogP contribution in [-0.2, 0) is 0 Å². The van der Waals surface area contributed by atoms with Gasteiger partial charge in [-0.15, -0.1) is 0 Å². The Morgan fingerprint density at radius 2 is 1.74 bits per heavy atom. The summed E-state index contributed by atoms with van der Waals surface area (Å²) in [7, 11) is 0. The zero-order valence-electron chi connectivity index (χ0n) is 11.5. The molecule has 2 aliphatic rings. The molecule has 1 aliphatic heterocycles. The Bertz CT molecular complexity index is 427. The summed E-state index contributed by atoms with van der Waals surface area (Å²) in [6.45, 7) is 2.14. The molecule has 1 N–H and O–H groups in total. The first kappa shape index (κ1) is 12.9. The van der Waals surface area contributed by atoms with Crippen molar-refractivity contribution < 1.29 is 4.79 Å². The predicted octanol–water partition coefficient (Wildman–Crippen LogP) is 3.53. The minimum absolute atomic E-state index is 0.326. The van der Waals surface area contributed by atoms with Gasteiger partial charge in [0.1, 0.15) is 0 Å². The van der Waals surface area contributed by atoms with Gasteiger partial charge in [0.2, 0.25) is 0 Å². The molecule has 1 saturated carbocycles. The van der Waals surface area contributed by atoms with E-state index in [4.69, 9.17) is 0 Å². The zero-order chi connectivity index (χ0) is 13.1. The van der Waals surface area contributed by atoms with Crippen molar-refractivity contribution in [3.05, 3.63) is 35.4 Å². The quantitative estimate of drug-likeness (QED) is 0.836. The molecule has 0 bridgehead atoms. The van der Waals surface area contributed by atoms with Crippen molar-refractivity contribution >= 4 is 5.78 Å². The van der Waals surface area contributed by atoms with Crippen LogP contribution in [0.15, 0.2) is 24.3 Å². The number of benzene rings is 1. The van der Waals surface area contributed by atoms with Crippen molar-refractivity contribution in [2.24, 2.45) is 5.92 Å². The lowest BCUT2D eigenvalue weighted by molar-refractivity contribution is 0.0952. The van der Waals surface area contributed by atoms with Crippen molar-refractivity contribution in [1.29, 1.82) is 0 Å². The zero-order valence-corrected chi connectivity index (χ0v) is 11.5. The molecule has 2 heteroatoms. The fourth-order valence-electron chi connectivity index (χ4n) is 3.15. The summed E-state index contributed by atoms with van der Waals surface area (Å²) >= 11 is 0. The van der Waals surface area contributed by atoms with Gasteiger partial charge in [-0.05, 0) is 56.2 Å². The number of hydrogen-bond donors (Lipinski definition) is 1. The molecular formula is C17H23NO. The maximum Gasteiger partial charge on any atom is 0.163 e. The first-order valence-corrected chi connectivity index (χ1v) is 7.67. The first-order valence-electron chi connectivity index (χ1n) is 7.67. The van der Waals surface area contributed by atoms with Gasteiger partial charge in [-0.25, -0.2) is 0 Å². The van der Waals surface area contributed by atoms with E-state index in [1.165, 1.54) is 24.8 Å². The third-order valence-corrected chi connectivity index (χ3v) is 4.74. The summed E-state index contributed by atoms with van der Waals surface area (Å²) in [4.78, 5) is 12.3. The summed E-state index contributed by atoms with van der Waals surface area (Å²) in [6, 6.07) is 8.41. The largest absolute Gasteiger partial charge is 0.317 e. The molecule has 102 valence electrons. The molecule has 0 radical (unpaired) electrons. The Balaban J connectivity index is 1.59. The first-order chi connectivity index (χ1) is 9.33. The molecule has 1 aromatic rings. The highest BCUT2D eigenvalue weighted by atomic mass is 16.1. The maximum atomic E-state index is 12.3. The van der Waals surface area contributed by atoms with Crippen LogP contribution in [0.1, 0.15) is 60.4 Å². The van der Waals surface area contributed by atoms with Crippen LogP contribution in [0.3, 0.4) is 0 Å². The maximum absolute atomic E-state index is 12.3. The monoisotopic (exact) mass is 257 g/mol. The molecule has 1 aromatic carbocycles. The minimum atomic E-state index is 0.326. The summed E-state index contributed by atoms with van der Waals surface area (Å²) in [6.07, 6.45) is 7.02. The smallest absolute Gasteiger partial charge is 0.163 e. The Morgan fingerprint density at radius 1 is 1.05 bits per heavy atom. The second-order valence-electron chi connectivity index (χ2n) is 6.07. The molecule has 0 spiro atoms. The van der Waals surface area contributed by atoms with Crippen LogP contribution in [0.25, 0.3) is 0 Å². The molecule has 19 heavy (non-hydrogen) atoms. The van der Waals surface area contributed by atoms with E-state index in [9.17, 15) is 4.79 Å². The van der Waals surface area contributed by atoms with Crippen molar-refractivity contribution in [2.75, 3.05) is 13.1 Å². The molecule has 2 nitrogen and oxygen atoms in total. The van der Waals surface area contributed by atoms with Crippen molar-refractivity contribution in [1.82, 2.24) is 5.32 Å². The highest BCUT2D eigenvalue weighted by molar-refractivity contribution is 5.96. The highest BCUT2D eigenvalue weighted by Gasteiger charge is 2.20. The highest BCUT2D eigenvalue weighted by Crippen LogP contribution is 2.36. The lowest BCUT2D eigenvalue weighted by atomic mass is 9.80. The predicted molar refractivity (Wildman–Crippen MR) is 77.6 cm³/mol. The van der Waals surface area contributed by atoms with E-state index in [-0.39, 0.29) is 0 Å². The lowest BCUT2D eigenvalue weighted by Crippen LogP contribution is -2.28. The number of ketones is 1. The number of hydrogen-bond acceptors (Lipinski definition) is 2. The van der Waals surface area contributed by atoms with Crippen LogP contribution in [0.4, 0.5) is 0 Å². The number of rotatable bonds is 4. The van der Waals surface area contributed by atoms with Crippen LogP contribution >= 0.6 is 0 Å². The Morgan fingerprint density at radius 3 is 2.32 bits per heavy atom. The molecule has 0 unspecified atom stereocenters. The van der Waals surface area contributed by atoms with Crippen molar-refractivity contribution in [2.45, 2.75) is 44.4 Å². The fraction of sp³-hybridized carbons (Fsp3) is 0.588. The summed E-state index contributed by atoms with van der Waals surface area (Å²) < 4.78 is 0. The van der Waals surface area contributed by atoms with Gasteiger partial charge < -0.3 is 5.32 Å². The van der Waals surface area contributed by atoms with E-state index in [2.05, 4.69) is 17.4 Å². The van der Waals surface area contributed by atoms with Gasteiger partial charge in [0.25, 0.3) is 0 Å². The molecule has 0 amide bonds. The Hall–Kier alpha value is -1.15. The Labute approximate surface area is 115 Å². The van der Waals surface area contributed by atoms with Gasteiger partial charge in [-0.1, -0.05) is 30.7 Å². The molecule has 1 aliphatic carbocycles. The van der Waals surface area contributed by atoms with Gasteiger partial charge in [-0.3, -0.25) is 4.79 Å². The van der Waals surface area contributed by atoms with Crippen LogP contribution in [0, 0.1) is 5.92 Å². The van der Waals surface area contributed by atoms with Crippen LogP contribution in [0.5, 0.6) is 0 Å². The second kappa shape index (κ2) is 5.87. The molecule has 1 saturated heterocycles. The number of piperidine rings is 1. The van der Waals surface area contributed by atoms with Crippen LogP contribution in [-0.4, -0.2) is 18.9 Å². The number of nitrogens with one attached hydrogen (secondary N) is 1. The summed E-state index contributed by atoms with van der Waals surface area (Å²) in [5.74, 6) is 1.67. The second-order valence-corrected chi connectivity index (χ2v) is 6.07. The van der Waals surface area contributed by atoms with E-state index < -0.39 is 0 Å². The molecule has 2 fully saturated rings. The Kier molecular flexibility index (Phi) is 3.97. The SMILES string of the molecule is O=C(CC1CCNCC1)c1ccc(C2CCC2)cc1. The summed E-state index contributed by atoms with van der Waals surface area (Å²) in [5.41, 5.74) is 2.33. The van der Waals surface area contributed by atoms with E-state index in [1.807, 2.05) is 12.1 Å². The van der Waals surface area contributed by atoms with Crippen molar-refractivity contribution in [3.8, 4) is 0 Å². The number of carbonyl (C=O) groups is 1. The molecule has 0 aromatic heterocycles. The van der Waals surface area contributed by atoms with E-state index in [0.717, 1.165) is 43.8 Å². The molecule has 3 rings (SSSR count). The van der Waals surface area contributed by atoms with E-state index >= 15 is 0 Å². The average molecular weight is 257 g/mol. The topological polar surface area (TPSA) is 29.1 Å². The number of carbonyl (C=O) groups excluding carboxylic acids is 1. The minimum Gasteiger partial charge on any atom is -0.317 e. The van der Waals surface area contributed by atoms with Gasteiger partial charge in [-0.2, -0.15) is 0 Å². The molecule has 1 heterocycles. The standard InChI is InChI=1S/C17H23NO/c19-17(12-13-8-10-18-11-9-13)16-6-4-15(5-7-16)14-2-1-3-14/h4-7,13-14,18H,1-3,8-12H2. The summed E-state index contributed by atoms with van der Waals surface area (Å²) in [5, 5.41) is 3.35. The number of Topliss-reactive ketones (excluding diaryl/α,β-unsaturated/α-hetero) is 1. The molecular weight excluding hydrogens is 234 g/mol. The van der Waals surface area contributed by atoms with Crippen LogP contribution < -0.4 is 5.32 Å². The third kappa shape index (κ3) is 3.06. The van der Waals surface area contributed by atoms with Gasteiger partial charge in [0.05, 0.1) is 0 Å². The molecule has 0 atom stereocenters. The normalized spacial score (nSPS) is 21.1. The van der Waals surface area contributed by atoms with Gasteiger partial charge in [0.15, 0.2) is 5.78 Å². The average Bonchev–Trinajstić information content (AvgIpc) is 2.39. The van der Waals surface area contributed by atoms with Gasteiger partial charge >= 0.3 is 0 Å². The fourth-order valence-corrected chi connectivity index (χ4v) is 3.15. The van der Waals surface area contributed by atoms with Gasteiger partial charge in [0, 0.05) is 12.0 Å². The van der Waals surface area contributed by atoms with E-state index in [0.29, 0.717) is 11.7 Å². The lowest BCUT2D eigenvalue weighted by Gasteiger charge is -2.26. The van der Waals surface area contributed by atoms with Crippen molar-refractivity contribution in [3.63, 3.8) is 0 Å².